The second-order valence-corrected chi connectivity index (χ2v) is 8.97. The molecule has 1 aromatic heterocycles. The first-order chi connectivity index (χ1) is 17.1. The van der Waals surface area contributed by atoms with Crippen molar-refractivity contribution in [2.24, 2.45) is 16.1 Å². The number of rotatable bonds is 8. The highest BCUT2D eigenvalue weighted by atomic mass is 16.5. The second-order valence-electron chi connectivity index (χ2n) is 8.97. The first-order valence-electron chi connectivity index (χ1n) is 11.5. The molecule has 36 heavy (non-hydrogen) atoms. The zero-order valence-corrected chi connectivity index (χ0v) is 20.6. The van der Waals surface area contributed by atoms with Gasteiger partial charge in [-0.15, -0.1) is 4.91 Å². The fourth-order valence-electron chi connectivity index (χ4n) is 3.66. The Balaban J connectivity index is 2.17. The number of nitriles is 1. The summed E-state index contributed by atoms with van der Waals surface area (Å²) >= 11 is 0. The van der Waals surface area contributed by atoms with Gasteiger partial charge in [-0.3, -0.25) is 14.3 Å². The van der Waals surface area contributed by atoms with E-state index in [2.05, 4.69) is 21.2 Å². The number of hydrogen-bond acceptors (Lipinski definition) is 7. The highest BCUT2D eigenvalue weighted by molar-refractivity contribution is 5.78. The Labute approximate surface area is 207 Å². The highest BCUT2D eigenvalue weighted by Crippen LogP contribution is 2.24. The zero-order valence-electron chi connectivity index (χ0n) is 20.6. The van der Waals surface area contributed by atoms with Gasteiger partial charge in [-0.1, -0.05) is 24.6 Å². The van der Waals surface area contributed by atoms with Crippen LogP contribution in [0.5, 0.6) is 5.75 Å². The molecule has 1 heterocycles. The van der Waals surface area contributed by atoms with Gasteiger partial charge in [0.05, 0.1) is 29.8 Å². The average molecular weight is 493 g/mol. The Bertz CT molecular complexity index is 1470. The van der Waals surface area contributed by atoms with E-state index >= 15 is 0 Å². The third kappa shape index (κ3) is 6.21. The third-order valence-corrected chi connectivity index (χ3v) is 5.64. The number of H-pyrrole nitrogens is 1. The Kier molecular flexibility index (Phi) is 8.32. The lowest BCUT2D eigenvalue weighted by molar-refractivity contribution is -0.121. The van der Waals surface area contributed by atoms with Crippen LogP contribution in [0.2, 0.25) is 0 Å². The van der Waals surface area contributed by atoms with Crippen LogP contribution < -0.4 is 21.7 Å². The largest absolute Gasteiger partial charge is 0.490 e. The fourth-order valence-corrected chi connectivity index (χ4v) is 3.66. The molecule has 1 atom stereocenters. The molecular formula is C25H28N6O5. The summed E-state index contributed by atoms with van der Waals surface area (Å²) in [5.74, 6) is -1.51. The molecule has 1 aromatic carbocycles. The van der Waals surface area contributed by atoms with Crippen LogP contribution in [0.3, 0.4) is 0 Å². The number of amides is 1. The van der Waals surface area contributed by atoms with E-state index in [0.717, 1.165) is 23.0 Å². The molecule has 11 heteroatoms. The van der Waals surface area contributed by atoms with E-state index in [4.69, 9.17) is 4.74 Å². The van der Waals surface area contributed by atoms with Gasteiger partial charge < -0.3 is 4.74 Å². The number of allylic oxidation sites excluding steroid dienone is 4. The van der Waals surface area contributed by atoms with Gasteiger partial charge in [0.15, 0.2) is 0 Å². The Morgan fingerprint density at radius 2 is 1.94 bits per heavy atom. The number of aromatic amines is 1. The molecule has 0 radical (unpaired) electrons. The van der Waals surface area contributed by atoms with Crippen molar-refractivity contribution in [2.45, 2.75) is 59.7 Å². The van der Waals surface area contributed by atoms with Crippen molar-refractivity contribution in [1.82, 2.24) is 14.1 Å². The van der Waals surface area contributed by atoms with E-state index in [1.807, 2.05) is 32.9 Å². The van der Waals surface area contributed by atoms with Crippen molar-refractivity contribution in [1.29, 1.82) is 5.26 Å². The number of nitroso groups, excluding NO2 is 1. The molecular weight excluding hydrogens is 464 g/mol. The lowest BCUT2D eigenvalue weighted by Gasteiger charge is -2.16. The van der Waals surface area contributed by atoms with Gasteiger partial charge in [-0.25, -0.2) is 19.1 Å². The molecule has 188 valence electrons. The van der Waals surface area contributed by atoms with E-state index in [9.17, 15) is 24.6 Å². The molecule has 3 rings (SSSR count). The maximum Gasteiger partial charge on any atom is 0.335 e. The average Bonchev–Trinajstić information content (AvgIpc) is 2.85. The topological polar surface area (TPSA) is 152 Å². The number of benzene rings is 1. The van der Waals surface area contributed by atoms with Crippen LogP contribution in [0, 0.1) is 22.2 Å². The molecule has 0 unspecified atom stereocenters. The molecule has 1 aliphatic rings. The first-order valence-corrected chi connectivity index (χ1v) is 11.5. The zero-order chi connectivity index (χ0) is 26.4. The van der Waals surface area contributed by atoms with Crippen LogP contribution in [0.25, 0.3) is 0 Å². The summed E-state index contributed by atoms with van der Waals surface area (Å²) in [6, 6.07) is 6.81. The van der Waals surface area contributed by atoms with Crippen LogP contribution in [0.1, 0.15) is 46.1 Å². The molecule has 11 nitrogen and oxygen atoms in total. The Hall–Kier alpha value is -4.33. The normalized spacial score (nSPS) is 14.6. The Morgan fingerprint density at radius 1 is 1.19 bits per heavy atom. The number of nitrogens with zero attached hydrogens (tertiary/aromatic N) is 5. The van der Waals surface area contributed by atoms with E-state index in [0.29, 0.717) is 11.4 Å². The molecule has 2 aromatic rings. The van der Waals surface area contributed by atoms with Crippen LogP contribution >= 0.6 is 0 Å². The van der Waals surface area contributed by atoms with Crippen LogP contribution in [-0.4, -0.2) is 26.1 Å². The van der Waals surface area contributed by atoms with Gasteiger partial charge in [0, 0.05) is 11.7 Å². The number of carbonyl (C=O) groups excluding carboxylic acids is 1. The van der Waals surface area contributed by atoms with Gasteiger partial charge >= 0.3 is 11.4 Å². The lowest BCUT2D eigenvalue weighted by Crippen LogP contribution is -2.51. The molecule has 0 saturated heterocycles. The summed E-state index contributed by atoms with van der Waals surface area (Å²) < 4.78 is 7.80. The molecule has 0 aliphatic heterocycles. The van der Waals surface area contributed by atoms with Crippen LogP contribution in [0.4, 0.5) is 5.69 Å². The predicted molar refractivity (Wildman–Crippen MR) is 132 cm³/mol. The SMILES string of the molecule is CC1=CC=C(Cn2c(=O)n(C[C@H](C)C(=O)N=O)c(=O)[nH]/c2=N\c2ccc(OC(C)C)c(C#N)c2)CC1. The summed E-state index contributed by atoms with van der Waals surface area (Å²) in [5.41, 5.74) is 1.29. The number of nitrogens with one attached hydrogen (secondary N) is 1. The maximum atomic E-state index is 13.4. The number of hydrogen-bond donors (Lipinski definition) is 1. The van der Waals surface area contributed by atoms with Crippen LogP contribution in [0.15, 0.2) is 61.3 Å². The highest BCUT2D eigenvalue weighted by Gasteiger charge is 2.19. The molecule has 1 amide bonds. The second kappa shape index (κ2) is 11.4. The number of ether oxygens (including phenoxy) is 1. The smallest absolute Gasteiger partial charge is 0.335 e. The first kappa shape index (κ1) is 26.3. The summed E-state index contributed by atoms with van der Waals surface area (Å²) in [4.78, 5) is 55.5. The molecule has 0 bridgehead atoms. The summed E-state index contributed by atoms with van der Waals surface area (Å²) in [6.07, 6.45) is 5.35. The number of carbonyl (C=O) groups is 1. The minimum Gasteiger partial charge on any atom is -0.490 e. The van der Waals surface area contributed by atoms with Gasteiger partial charge in [-0.2, -0.15) is 5.26 Å². The van der Waals surface area contributed by atoms with Gasteiger partial charge in [-0.05, 0) is 57.4 Å². The van der Waals surface area contributed by atoms with Crippen molar-refractivity contribution in [3.8, 4) is 11.8 Å². The van der Waals surface area contributed by atoms with Gasteiger partial charge in [0.25, 0.3) is 5.91 Å². The Morgan fingerprint density at radius 3 is 2.56 bits per heavy atom. The van der Waals surface area contributed by atoms with E-state index in [1.54, 1.807) is 12.1 Å². The summed E-state index contributed by atoms with van der Waals surface area (Å²) in [7, 11) is 0. The minimum absolute atomic E-state index is 0.0117. The van der Waals surface area contributed by atoms with Crippen molar-refractivity contribution < 1.29 is 9.53 Å². The van der Waals surface area contributed by atoms with Crippen molar-refractivity contribution in [3.05, 3.63) is 78.6 Å². The number of aromatic nitrogens is 3. The molecule has 0 spiro atoms. The monoisotopic (exact) mass is 492 g/mol. The van der Waals surface area contributed by atoms with Gasteiger partial charge in [0.2, 0.25) is 5.62 Å². The summed E-state index contributed by atoms with van der Waals surface area (Å²) in [6.45, 7) is 6.98. The van der Waals surface area contributed by atoms with Gasteiger partial charge in [0.1, 0.15) is 11.8 Å². The van der Waals surface area contributed by atoms with Crippen molar-refractivity contribution in [3.63, 3.8) is 0 Å². The van der Waals surface area contributed by atoms with E-state index in [-0.39, 0.29) is 30.4 Å². The quantitative estimate of drug-likeness (QED) is 0.560. The maximum absolute atomic E-state index is 13.4. The molecule has 1 aliphatic carbocycles. The van der Waals surface area contributed by atoms with Crippen molar-refractivity contribution >= 4 is 11.6 Å². The third-order valence-electron chi connectivity index (χ3n) is 5.64. The fraction of sp³-hybridized carbons (Fsp3) is 0.400. The minimum atomic E-state index is -0.955. The summed E-state index contributed by atoms with van der Waals surface area (Å²) in [5, 5.41) is 11.9. The lowest BCUT2D eigenvalue weighted by atomic mass is 9.99. The molecule has 0 saturated carbocycles. The van der Waals surface area contributed by atoms with Crippen LogP contribution in [-0.2, 0) is 17.9 Å². The standard InChI is InChI=1S/C25H28N6O5/c1-15(2)36-21-10-9-20(11-19(21)12-26)27-23-28-24(33)31(13-17(4)22(32)29-35)25(34)30(23)14-18-7-5-16(3)6-8-18/h5,7,9-11,15,17H,6,8,13-14H2,1-4H3,(H,27,28,33)/t17-/m0/s1. The van der Waals surface area contributed by atoms with E-state index in [1.165, 1.54) is 23.1 Å². The molecule has 0 fully saturated rings. The predicted octanol–water partition coefficient (Wildman–Crippen LogP) is 2.82. The van der Waals surface area contributed by atoms with E-state index < -0.39 is 23.2 Å². The molecule has 1 N–H and O–H groups in total. The van der Waals surface area contributed by atoms with Crippen molar-refractivity contribution in [2.75, 3.05) is 0 Å².